The summed E-state index contributed by atoms with van der Waals surface area (Å²) in [5.74, 6) is -0.854. The summed E-state index contributed by atoms with van der Waals surface area (Å²) >= 11 is 0. The van der Waals surface area contributed by atoms with Gasteiger partial charge in [0.05, 0.1) is 10.5 Å². The maximum Gasteiger partial charge on any atom is 0.278 e. The lowest BCUT2D eigenvalue weighted by atomic mass is 10.0. The number of anilines is 2. The van der Waals surface area contributed by atoms with Crippen molar-refractivity contribution in [2.24, 2.45) is 0 Å². The van der Waals surface area contributed by atoms with Crippen molar-refractivity contribution in [3.63, 3.8) is 0 Å². The lowest BCUT2D eigenvalue weighted by molar-refractivity contribution is -0.384. The molecule has 0 unspecified atom stereocenters. The minimum Gasteiger partial charge on any atom is -0.378 e. The van der Waals surface area contributed by atoms with Gasteiger partial charge in [-0.1, -0.05) is 30.3 Å². The van der Waals surface area contributed by atoms with Crippen molar-refractivity contribution in [2.75, 3.05) is 30.9 Å². The Kier molecular flexibility index (Phi) is 6.40. The molecular formula is C26H24N4O4. The van der Waals surface area contributed by atoms with Gasteiger partial charge in [0, 0.05) is 44.1 Å². The second-order valence-corrected chi connectivity index (χ2v) is 8.12. The van der Waals surface area contributed by atoms with Crippen LogP contribution in [-0.2, 0) is 16.0 Å². The molecule has 3 aromatic carbocycles. The first kappa shape index (κ1) is 22.7. The van der Waals surface area contributed by atoms with Crippen LogP contribution in [0, 0.1) is 10.1 Å². The fourth-order valence-electron chi connectivity index (χ4n) is 3.79. The highest BCUT2D eigenvalue weighted by Crippen LogP contribution is 2.32. The Morgan fingerprint density at radius 1 is 0.882 bits per heavy atom. The van der Waals surface area contributed by atoms with E-state index in [1.807, 2.05) is 73.6 Å². The van der Waals surface area contributed by atoms with E-state index >= 15 is 0 Å². The molecule has 8 nitrogen and oxygen atoms in total. The zero-order valence-corrected chi connectivity index (χ0v) is 18.9. The van der Waals surface area contributed by atoms with Crippen molar-refractivity contribution >= 4 is 34.4 Å². The van der Waals surface area contributed by atoms with Gasteiger partial charge >= 0.3 is 0 Å². The van der Waals surface area contributed by atoms with Crippen molar-refractivity contribution in [2.45, 2.75) is 6.42 Å². The summed E-state index contributed by atoms with van der Waals surface area (Å²) in [6.07, 6.45) is 0.524. The molecule has 172 valence electrons. The van der Waals surface area contributed by atoms with Gasteiger partial charge in [-0.2, -0.15) is 0 Å². The molecule has 0 fully saturated rings. The first-order valence-corrected chi connectivity index (χ1v) is 10.8. The van der Waals surface area contributed by atoms with Crippen LogP contribution in [-0.4, -0.2) is 42.3 Å². The number of hydrogen-bond acceptors (Lipinski definition) is 6. The molecule has 3 aromatic rings. The highest BCUT2D eigenvalue weighted by molar-refractivity contribution is 6.36. The average Bonchev–Trinajstić information content (AvgIpc) is 3.07. The molecule has 1 aliphatic rings. The molecular weight excluding hydrogens is 432 g/mol. The Labute approximate surface area is 197 Å². The molecule has 0 aliphatic carbocycles. The fourth-order valence-corrected chi connectivity index (χ4v) is 3.79. The summed E-state index contributed by atoms with van der Waals surface area (Å²) in [6.45, 7) is 0.225. The number of benzene rings is 3. The number of hydrogen-bond donors (Lipinski definition) is 1. The summed E-state index contributed by atoms with van der Waals surface area (Å²) in [7, 11) is 3.86. The van der Waals surface area contributed by atoms with E-state index in [1.165, 1.54) is 29.2 Å². The van der Waals surface area contributed by atoms with Gasteiger partial charge < -0.3 is 10.2 Å². The summed E-state index contributed by atoms with van der Waals surface area (Å²) in [5, 5.41) is 14.2. The third-order valence-corrected chi connectivity index (χ3v) is 5.65. The predicted octanol–water partition coefficient (Wildman–Crippen LogP) is 4.10. The Hall–Kier alpha value is -4.46. The summed E-state index contributed by atoms with van der Waals surface area (Å²) in [4.78, 5) is 40.4. The van der Waals surface area contributed by atoms with Crippen LogP contribution in [0.15, 0.2) is 84.6 Å². The molecule has 0 saturated carbocycles. The Bertz CT molecular complexity index is 1250. The molecule has 0 saturated heterocycles. The summed E-state index contributed by atoms with van der Waals surface area (Å²) in [6, 6.07) is 22.8. The Balaban J connectivity index is 1.67. The first-order chi connectivity index (χ1) is 16.3. The van der Waals surface area contributed by atoms with Gasteiger partial charge in [-0.3, -0.25) is 24.6 Å². The molecule has 0 atom stereocenters. The smallest absolute Gasteiger partial charge is 0.278 e. The number of non-ortho nitro benzene ring substituents is 1. The zero-order valence-electron chi connectivity index (χ0n) is 18.9. The van der Waals surface area contributed by atoms with E-state index in [-0.39, 0.29) is 23.5 Å². The largest absolute Gasteiger partial charge is 0.378 e. The number of nitrogens with one attached hydrogen (secondary N) is 1. The van der Waals surface area contributed by atoms with Gasteiger partial charge in [-0.25, -0.2) is 0 Å². The summed E-state index contributed by atoms with van der Waals surface area (Å²) < 4.78 is 0. The Morgan fingerprint density at radius 2 is 1.53 bits per heavy atom. The second kappa shape index (κ2) is 9.58. The van der Waals surface area contributed by atoms with Gasteiger partial charge in [0.15, 0.2) is 0 Å². The van der Waals surface area contributed by atoms with Crippen LogP contribution in [0.2, 0.25) is 0 Å². The number of nitro groups is 1. The third-order valence-electron chi connectivity index (χ3n) is 5.65. The monoisotopic (exact) mass is 456 g/mol. The van der Waals surface area contributed by atoms with E-state index in [0.717, 1.165) is 11.3 Å². The highest BCUT2D eigenvalue weighted by Gasteiger charge is 2.39. The third kappa shape index (κ3) is 4.66. The zero-order chi connectivity index (χ0) is 24.2. The van der Waals surface area contributed by atoms with E-state index in [9.17, 15) is 19.7 Å². The average molecular weight is 457 g/mol. The SMILES string of the molecule is CN(C)c1ccc(NC2=C(c3ccc([N+](=O)[O-])cc3)C(=O)N(CCc3ccccc3)C2=O)cc1. The fraction of sp³-hybridized carbons (Fsp3) is 0.154. The van der Waals surface area contributed by atoms with Crippen LogP contribution >= 0.6 is 0 Å². The number of carbonyl (C=O) groups is 2. The first-order valence-electron chi connectivity index (χ1n) is 10.8. The topological polar surface area (TPSA) is 95.8 Å². The number of carbonyl (C=O) groups excluding carboxylic acids is 2. The maximum atomic E-state index is 13.4. The molecule has 0 spiro atoms. The number of amides is 2. The minimum absolute atomic E-state index is 0.0872. The number of rotatable bonds is 8. The van der Waals surface area contributed by atoms with E-state index in [0.29, 0.717) is 17.7 Å². The van der Waals surface area contributed by atoms with E-state index in [2.05, 4.69) is 5.32 Å². The molecule has 0 aromatic heterocycles. The van der Waals surface area contributed by atoms with Crippen molar-refractivity contribution in [3.05, 3.63) is 106 Å². The van der Waals surface area contributed by atoms with Gasteiger partial charge in [0.1, 0.15) is 5.70 Å². The van der Waals surface area contributed by atoms with E-state index in [1.54, 1.807) is 0 Å². The van der Waals surface area contributed by atoms with Crippen molar-refractivity contribution in [1.29, 1.82) is 0 Å². The second-order valence-electron chi connectivity index (χ2n) is 8.12. The maximum absolute atomic E-state index is 13.4. The van der Waals surface area contributed by atoms with Gasteiger partial charge in [-0.05, 0) is 53.9 Å². The van der Waals surface area contributed by atoms with Crippen LogP contribution < -0.4 is 10.2 Å². The van der Waals surface area contributed by atoms with Crippen LogP contribution in [0.5, 0.6) is 0 Å². The minimum atomic E-state index is -0.503. The van der Waals surface area contributed by atoms with Crippen molar-refractivity contribution < 1.29 is 14.5 Å². The lowest BCUT2D eigenvalue weighted by Gasteiger charge is -2.16. The quantitative estimate of drug-likeness (QED) is 0.312. The van der Waals surface area contributed by atoms with Crippen LogP contribution in [0.1, 0.15) is 11.1 Å². The van der Waals surface area contributed by atoms with Crippen LogP contribution in [0.25, 0.3) is 5.57 Å². The van der Waals surface area contributed by atoms with Crippen LogP contribution in [0.4, 0.5) is 17.1 Å². The van der Waals surface area contributed by atoms with Crippen LogP contribution in [0.3, 0.4) is 0 Å². The number of nitrogens with zero attached hydrogens (tertiary/aromatic N) is 3. The van der Waals surface area contributed by atoms with Crippen molar-refractivity contribution in [1.82, 2.24) is 4.90 Å². The van der Waals surface area contributed by atoms with Gasteiger partial charge in [0.2, 0.25) is 0 Å². The molecule has 0 radical (unpaired) electrons. The van der Waals surface area contributed by atoms with Crippen molar-refractivity contribution in [3.8, 4) is 0 Å². The number of nitro benzene ring substituents is 1. The molecule has 1 N–H and O–H groups in total. The standard InChI is InChI=1S/C26H24N4O4/c1-28(2)21-14-10-20(11-15-21)27-24-23(19-8-12-22(13-9-19)30(33)34)25(31)29(26(24)32)17-16-18-6-4-3-5-7-18/h3-15,27H,16-17H2,1-2H3. The van der Waals surface area contributed by atoms with E-state index < -0.39 is 16.7 Å². The molecule has 1 aliphatic heterocycles. The molecule has 1 heterocycles. The van der Waals surface area contributed by atoms with Gasteiger partial charge in [0.25, 0.3) is 17.5 Å². The normalized spacial score (nSPS) is 13.4. The summed E-state index contributed by atoms with van der Waals surface area (Å²) in [5.41, 5.74) is 3.38. The van der Waals surface area contributed by atoms with E-state index in [4.69, 9.17) is 0 Å². The molecule has 2 amide bonds. The molecule has 0 bridgehead atoms. The predicted molar refractivity (Wildman–Crippen MR) is 131 cm³/mol. The number of imide groups is 1. The lowest BCUT2D eigenvalue weighted by Crippen LogP contribution is -2.34. The van der Waals surface area contributed by atoms with Gasteiger partial charge in [-0.15, -0.1) is 0 Å². The molecule has 34 heavy (non-hydrogen) atoms. The Morgan fingerprint density at radius 3 is 2.12 bits per heavy atom. The molecule has 4 rings (SSSR count). The molecule has 8 heteroatoms. The highest BCUT2D eigenvalue weighted by atomic mass is 16.6.